The standard InChI is InChI=1S/C35H37N5O5S/c1-22-6-8-25(9-7-22)27-20-40(19-24-11-14-46-15-12-24)21-28(33(27)41)34(42)39-35(36-3)38-18-23(2)45-30-10-13-37-29-17-32(44-5)31(43-4)16-26(29)30/h6-10,13,16-18,20-21,24H,3,11-12,14-15,19H2,1-2,4-5H3,(H,38,39,42)/b23-18+. The number of nitrogens with zero attached hydrogens (tertiary/aromatic N) is 4. The zero-order chi connectivity index (χ0) is 32.6. The Bertz CT molecular complexity index is 1860. The summed E-state index contributed by atoms with van der Waals surface area (Å²) in [5, 5.41) is 3.36. The van der Waals surface area contributed by atoms with Crippen molar-refractivity contribution in [2.24, 2.45) is 15.9 Å². The second-order valence-corrected chi connectivity index (χ2v) is 12.2. The van der Waals surface area contributed by atoms with E-state index in [1.165, 1.54) is 6.20 Å². The molecule has 1 saturated heterocycles. The molecule has 46 heavy (non-hydrogen) atoms. The van der Waals surface area contributed by atoms with Crippen LogP contribution in [-0.4, -0.2) is 53.9 Å². The van der Waals surface area contributed by atoms with Gasteiger partial charge in [-0.3, -0.25) is 19.9 Å². The van der Waals surface area contributed by atoms with Gasteiger partial charge in [0.05, 0.1) is 25.9 Å². The zero-order valence-corrected chi connectivity index (χ0v) is 27.2. The lowest BCUT2D eigenvalue weighted by molar-refractivity contribution is 0.0974. The molecule has 10 nitrogen and oxygen atoms in total. The minimum absolute atomic E-state index is 0.00388. The number of rotatable bonds is 9. The van der Waals surface area contributed by atoms with Crippen molar-refractivity contribution in [1.29, 1.82) is 0 Å². The summed E-state index contributed by atoms with van der Waals surface area (Å²) in [5.41, 5.74) is 2.60. The summed E-state index contributed by atoms with van der Waals surface area (Å²) in [4.78, 5) is 39.7. The quantitative estimate of drug-likeness (QED) is 0.131. The molecule has 0 saturated carbocycles. The maximum absolute atomic E-state index is 13.7. The SMILES string of the molecule is C=NC(=N/C=C(\C)Oc1ccnc2cc(OC)c(OC)cc12)NC(=O)c1cn(CC2CCSCC2)cc(-c2ccc(C)cc2)c1=O. The number of benzene rings is 2. The van der Waals surface area contributed by atoms with Gasteiger partial charge in [0.1, 0.15) is 17.1 Å². The summed E-state index contributed by atoms with van der Waals surface area (Å²) in [5.74, 6) is 4.04. The third-order valence-electron chi connectivity index (χ3n) is 7.72. The summed E-state index contributed by atoms with van der Waals surface area (Å²) >= 11 is 1.96. The number of hydrogen-bond donors (Lipinski definition) is 1. The maximum atomic E-state index is 13.7. The first-order chi connectivity index (χ1) is 22.3. The number of aryl methyl sites for hydroxylation is 1. The molecule has 1 amide bonds. The molecule has 1 aliphatic rings. The molecule has 0 radical (unpaired) electrons. The third kappa shape index (κ3) is 7.66. The van der Waals surface area contributed by atoms with Crippen molar-refractivity contribution in [3.05, 3.63) is 94.4 Å². The number of carbonyl (C=O) groups excluding carboxylic acids is 1. The number of carbonyl (C=O) groups is 1. The molecule has 4 aromatic rings. The lowest BCUT2D eigenvalue weighted by Gasteiger charge is -2.23. The summed E-state index contributed by atoms with van der Waals surface area (Å²) in [6.45, 7) is 7.98. The predicted octanol–water partition coefficient (Wildman–Crippen LogP) is 6.26. The largest absolute Gasteiger partial charge is 0.493 e. The number of nitrogens with one attached hydrogen (secondary N) is 1. The van der Waals surface area contributed by atoms with E-state index in [0.29, 0.717) is 45.4 Å². The molecule has 0 bridgehead atoms. The van der Waals surface area contributed by atoms with Crippen LogP contribution in [0.3, 0.4) is 0 Å². The van der Waals surface area contributed by atoms with Crippen LogP contribution in [-0.2, 0) is 6.54 Å². The lowest BCUT2D eigenvalue weighted by atomic mass is 10.0. The fraction of sp³-hybridized carbons (Fsp3) is 0.286. The average Bonchev–Trinajstić information content (AvgIpc) is 3.07. The molecule has 0 unspecified atom stereocenters. The second kappa shape index (κ2) is 14.9. The van der Waals surface area contributed by atoms with Gasteiger partial charge < -0.3 is 18.8 Å². The number of thioether (sulfide) groups is 1. The first-order valence-electron chi connectivity index (χ1n) is 14.9. The van der Waals surface area contributed by atoms with Crippen molar-refractivity contribution >= 4 is 41.2 Å². The van der Waals surface area contributed by atoms with E-state index in [1.54, 1.807) is 51.7 Å². The van der Waals surface area contributed by atoms with Gasteiger partial charge in [0.15, 0.2) is 11.5 Å². The minimum Gasteiger partial charge on any atom is -0.493 e. The highest BCUT2D eigenvalue weighted by atomic mass is 32.2. The highest BCUT2D eigenvalue weighted by molar-refractivity contribution is 7.99. The Morgan fingerprint density at radius 2 is 1.80 bits per heavy atom. The zero-order valence-electron chi connectivity index (χ0n) is 26.4. The molecule has 0 atom stereocenters. The number of guanidine groups is 1. The molecule has 238 valence electrons. The molecule has 0 spiro atoms. The third-order valence-corrected chi connectivity index (χ3v) is 8.77. The number of pyridine rings is 2. The van der Waals surface area contributed by atoms with E-state index in [2.05, 4.69) is 27.0 Å². The van der Waals surface area contributed by atoms with Gasteiger partial charge in [-0.05, 0) is 68.5 Å². The van der Waals surface area contributed by atoms with Crippen LogP contribution in [0.1, 0.15) is 35.7 Å². The fourth-order valence-corrected chi connectivity index (χ4v) is 6.44. The highest BCUT2D eigenvalue weighted by Gasteiger charge is 2.20. The van der Waals surface area contributed by atoms with Crippen molar-refractivity contribution < 1.29 is 19.0 Å². The van der Waals surface area contributed by atoms with E-state index >= 15 is 0 Å². The van der Waals surface area contributed by atoms with Crippen molar-refractivity contribution in [3.63, 3.8) is 0 Å². The number of hydrogen-bond acceptors (Lipinski definition) is 8. The molecular formula is C35H37N5O5S. The highest BCUT2D eigenvalue weighted by Crippen LogP contribution is 2.35. The number of aliphatic imine (C=N–C) groups is 2. The van der Waals surface area contributed by atoms with Gasteiger partial charge in [0.25, 0.3) is 5.91 Å². The van der Waals surface area contributed by atoms with Crippen LogP contribution in [0.5, 0.6) is 17.2 Å². The number of amides is 1. The van der Waals surface area contributed by atoms with Crippen LogP contribution in [0, 0.1) is 12.8 Å². The van der Waals surface area contributed by atoms with Crippen LogP contribution >= 0.6 is 11.8 Å². The first kappa shape index (κ1) is 32.5. The number of allylic oxidation sites excluding steroid dienone is 1. The molecular weight excluding hydrogens is 602 g/mol. The van der Waals surface area contributed by atoms with Crippen molar-refractivity contribution in [2.75, 3.05) is 25.7 Å². The van der Waals surface area contributed by atoms with Gasteiger partial charge in [-0.2, -0.15) is 11.8 Å². The molecule has 5 rings (SSSR count). The Kier molecular flexibility index (Phi) is 10.5. The van der Waals surface area contributed by atoms with Crippen LogP contribution in [0.25, 0.3) is 22.0 Å². The van der Waals surface area contributed by atoms with Crippen LogP contribution < -0.4 is 25.0 Å². The average molecular weight is 640 g/mol. The van der Waals surface area contributed by atoms with E-state index < -0.39 is 5.91 Å². The van der Waals surface area contributed by atoms with E-state index in [4.69, 9.17) is 14.2 Å². The van der Waals surface area contributed by atoms with Gasteiger partial charge in [0, 0.05) is 42.2 Å². The topological polar surface area (TPSA) is 116 Å². The fourth-order valence-electron chi connectivity index (χ4n) is 5.23. The molecule has 11 heteroatoms. The lowest BCUT2D eigenvalue weighted by Crippen LogP contribution is -2.34. The molecule has 1 N–H and O–H groups in total. The van der Waals surface area contributed by atoms with Gasteiger partial charge in [0.2, 0.25) is 11.4 Å². The summed E-state index contributed by atoms with van der Waals surface area (Å²) in [7, 11) is 3.12. The number of methoxy groups -OCH3 is 2. The Morgan fingerprint density at radius 1 is 1.09 bits per heavy atom. The molecule has 2 aromatic carbocycles. The normalized spacial score (nSPS) is 14.2. The maximum Gasteiger partial charge on any atom is 0.263 e. The number of fused-ring (bicyclic) bond motifs is 1. The summed E-state index contributed by atoms with van der Waals surface area (Å²) in [6.07, 6.45) is 8.71. The Morgan fingerprint density at radius 3 is 2.50 bits per heavy atom. The molecule has 0 aliphatic carbocycles. The van der Waals surface area contributed by atoms with E-state index in [1.807, 2.05) is 53.7 Å². The minimum atomic E-state index is -0.619. The van der Waals surface area contributed by atoms with E-state index in [0.717, 1.165) is 42.0 Å². The number of ether oxygens (including phenoxy) is 3. The summed E-state index contributed by atoms with van der Waals surface area (Å²) in [6, 6.07) is 13.0. The second-order valence-electron chi connectivity index (χ2n) is 11.0. The van der Waals surface area contributed by atoms with Crippen LogP contribution in [0.2, 0.25) is 0 Å². The Labute approximate surface area is 272 Å². The Balaban J connectivity index is 1.40. The molecule has 1 aliphatic heterocycles. The smallest absolute Gasteiger partial charge is 0.263 e. The van der Waals surface area contributed by atoms with E-state index in [9.17, 15) is 9.59 Å². The molecule has 1 fully saturated rings. The van der Waals surface area contributed by atoms with Crippen molar-refractivity contribution in [2.45, 2.75) is 33.2 Å². The monoisotopic (exact) mass is 639 g/mol. The van der Waals surface area contributed by atoms with Crippen molar-refractivity contribution in [1.82, 2.24) is 14.9 Å². The predicted molar refractivity (Wildman–Crippen MR) is 185 cm³/mol. The van der Waals surface area contributed by atoms with Gasteiger partial charge >= 0.3 is 0 Å². The first-order valence-corrected chi connectivity index (χ1v) is 16.0. The van der Waals surface area contributed by atoms with Gasteiger partial charge in [-0.25, -0.2) is 9.98 Å². The van der Waals surface area contributed by atoms with Gasteiger partial charge in [-0.15, -0.1) is 0 Å². The Hall–Kier alpha value is -4.90. The molecule has 3 heterocycles. The van der Waals surface area contributed by atoms with Gasteiger partial charge in [-0.1, -0.05) is 29.8 Å². The molecule has 2 aromatic heterocycles. The van der Waals surface area contributed by atoms with E-state index in [-0.39, 0.29) is 17.0 Å². The summed E-state index contributed by atoms with van der Waals surface area (Å²) < 4.78 is 18.8. The van der Waals surface area contributed by atoms with Crippen LogP contribution in [0.4, 0.5) is 0 Å². The van der Waals surface area contributed by atoms with Crippen LogP contribution in [0.15, 0.2) is 87.8 Å². The van der Waals surface area contributed by atoms with Crippen molar-refractivity contribution in [3.8, 4) is 28.4 Å². The number of aromatic nitrogens is 2.